The Labute approximate surface area is 97.3 Å². The quantitative estimate of drug-likeness (QED) is 0.487. The molecular weight excluding hydrogens is 291 g/mol. The predicted molar refractivity (Wildman–Crippen MR) is 57.4 cm³/mol. The van der Waals surface area contributed by atoms with Gasteiger partial charge in [0.05, 0.1) is 14.9 Å². The largest absolute Gasteiger partial charge is 0.281 e. The fourth-order valence-electron chi connectivity index (χ4n) is 1.07. The minimum Gasteiger partial charge on any atom is -0.258 e. The maximum absolute atomic E-state index is 10.6. The zero-order chi connectivity index (χ0) is 11.6. The van der Waals surface area contributed by atoms with Crippen LogP contribution < -0.4 is 0 Å². The van der Waals surface area contributed by atoms with E-state index in [9.17, 15) is 20.2 Å². The summed E-state index contributed by atoms with van der Waals surface area (Å²) in [6.07, 6.45) is 0. The van der Waals surface area contributed by atoms with E-state index in [1.807, 2.05) is 0 Å². The molecule has 1 rings (SSSR count). The zero-order valence-corrected chi connectivity index (χ0v) is 9.49. The molecule has 0 N–H and O–H groups in total. The number of nitro groups is 2. The van der Waals surface area contributed by atoms with Crippen molar-refractivity contribution in [2.45, 2.75) is 5.33 Å². The van der Waals surface area contributed by atoms with Gasteiger partial charge in [0.25, 0.3) is 11.4 Å². The minimum absolute atomic E-state index is 0.00870. The maximum Gasteiger partial charge on any atom is 0.281 e. The van der Waals surface area contributed by atoms with Gasteiger partial charge in [-0.15, -0.1) is 0 Å². The van der Waals surface area contributed by atoms with Gasteiger partial charge in [-0.1, -0.05) is 27.5 Å². The van der Waals surface area contributed by atoms with Crippen molar-refractivity contribution in [2.24, 2.45) is 0 Å². The standard InChI is InChI=1S/C7H4BrClN2O4/c8-3-5-6(10(12)13)1-4(9)2-7(5)11(14)15/h1-2H,3H2. The van der Waals surface area contributed by atoms with Crippen LogP contribution in [0.2, 0.25) is 5.02 Å². The number of rotatable bonds is 3. The van der Waals surface area contributed by atoms with Crippen molar-refractivity contribution in [3.63, 3.8) is 0 Å². The van der Waals surface area contributed by atoms with Crippen molar-refractivity contribution >= 4 is 38.9 Å². The summed E-state index contributed by atoms with van der Waals surface area (Å²) in [5.41, 5.74) is -0.702. The van der Waals surface area contributed by atoms with Crippen LogP contribution in [-0.4, -0.2) is 9.85 Å². The molecule has 0 fully saturated rings. The Morgan fingerprint density at radius 1 is 1.20 bits per heavy atom. The van der Waals surface area contributed by atoms with Crippen molar-refractivity contribution in [2.75, 3.05) is 0 Å². The first-order valence-corrected chi connectivity index (χ1v) is 5.14. The summed E-state index contributed by atoms with van der Waals surface area (Å²) in [5.74, 6) is 0. The summed E-state index contributed by atoms with van der Waals surface area (Å²) < 4.78 is 0. The van der Waals surface area contributed by atoms with E-state index in [1.54, 1.807) is 0 Å². The lowest BCUT2D eigenvalue weighted by atomic mass is 10.1. The van der Waals surface area contributed by atoms with E-state index in [0.29, 0.717) is 0 Å². The maximum atomic E-state index is 10.6. The molecule has 8 heteroatoms. The molecule has 0 spiro atoms. The summed E-state index contributed by atoms with van der Waals surface area (Å²) in [5, 5.41) is 21.2. The Morgan fingerprint density at radius 2 is 1.60 bits per heavy atom. The number of nitro benzene ring substituents is 2. The van der Waals surface area contributed by atoms with E-state index in [2.05, 4.69) is 15.9 Å². The van der Waals surface area contributed by atoms with Gasteiger partial charge in [-0.3, -0.25) is 20.2 Å². The van der Waals surface area contributed by atoms with Gasteiger partial charge < -0.3 is 0 Å². The molecule has 0 unspecified atom stereocenters. The average Bonchev–Trinajstić information content (AvgIpc) is 2.16. The van der Waals surface area contributed by atoms with Gasteiger partial charge in [0, 0.05) is 17.5 Å². The molecule has 1 aromatic rings. The monoisotopic (exact) mass is 294 g/mol. The molecule has 0 aliphatic rings. The van der Waals surface area contributed by atoms with Crippen LogP contribution in [0.25, 0.3) is 0 Å². The van der Waals surface area contributed by atoms with Gasteiger partial charge in [-0.05, 0) is 0 Å². The molecule has 0 radical (unpaired) electrons. The molecule has 15 heavy (non-hydrogen) atoms. The lowest BCUT2D eigenvalue weighted by molar-refractivity contribution is -0.395. The first-order valence-electron chi connectivity index (χ1n) is 3.64. The molecule has 0 bridgehead atoms. The second-order valence-corrected chi connectivity index (χ2v) is 3.57. The predicted octanol–water partition coefficient (Wildman–Crippen LogP) is 3.05. The Balaban J connectivity index is 3.52. The number of nitrogens with zero attached hydrogens (tertiary/aromatic N) is 2. The minimum atomic E-state index is -0.699. The third-order valence-electron chi connectivity index (χ3n) is 1.69. The SMILES string of the molecule is O=[N+]([O-])c1cc(Cl)cc([N+](=O)[O-])c1CBr. The van der Waals surface area contributed by atoms with Gasteiger partial charge in [-0.25, -0.2) is 0 Å². The van der Waals surface area contributed by atoms with E-state index in [4.69, 9.17) is 11.6 Å². The number of alkyl halides is 1. The van der Waals surface area contributed by atoms with Crippen molar-refractivity contribution in [3.05, 3.63) is 42.9 Å². The molecule has 0 saturated carbocycles. The van der Waals surface area contributed by atoms with E-state index >= 15 is 0 Å². The molecule has 6 nitrogen and oxygen atoms in total. The van der Waals surface area contributed by atoms with Crippen molar-refractivity contribution in [3.8, 4) is 0 Å². The van der Waals surface area contributed by atoms with E-state index < -0.39 is 9.85 Å². The summed E-state index contributed by atoms with van der Waals surface area (Å²) in [7, 11) is 0. The summed E-state index contributed by atoms with van der Waals surface area (Å²) >= 11 is 8.51. The first-order chi connectivity index (χ1) is 6.97. The van der Waals surface area contributed by atoms with Crippen LogP contribution in [0.4, 0.5) is 11.4 Å². The van der Waals surface area contributed by atoms with E-state index in [-0.39, 0.29) is 27.3 Å². The molecule has 0 aliphatic carbocycles. The van der Waals surface area contributed by atoms with Gasteiger partial charge in [0.15, 0.2) is 0 Å². The van der Waals surface area contributed by atoms with Crippen LogP contribution in [-0.2, 0) is 5.33 Å². The number of benzene rings is 1. The molecule has 0 aliphatic heterocycles. The Morgan fingerprint density at radius 3 is 1.87 bits per heavy atom. The smallest absolute Gasteiger partial charge is 0.258 e. The average molecular weight is 295 g/mol. The molecule has 0 saturated heterocycles. The highest BCUT2D eigenvalue weighted by atomic mass is 79.9. The van der Waals surface area contributed by atoms with Crippen molar-refractivity contribution < 1.29 is 9.85 Å². The summed E-state index contributed by atoms with van der Waals surface area (Å²) in [4.78, 5) is 19.8. The van der Waals surface area contributed by atoms with Crippen LogP contribution in [0.3, 0.4) is 0 Å². The number of hydrogen-bond donors (Lipinski definition) is 0. The first kappa shape index (κ1) is 11.9. The lowest BCUT2D eigenvalue weighted by Gasteiger charge is -2.01. The summed E-state index contributed by atoms with van der Waals surface area (Å²) in [6, 6.07) is 2.18. The normalized spacial score (nSPS) is 10.0. The topological polar surface area (TPSA) is 86.3 Å². The van der Waals surface area contributed by atoms with Crippen molar-refractivity contribution in [1.29, 1.82) is 0 Å². The van der Waals surface area contributed by atoms with Crippen LogP contribution in [0, 0.1) is 20.2 Å². The van der Waals surface area contributed by atoms with Gasteiger partial charge in [0.1, 0.15) is 5.56 Å². The third kappa shape index (κ3) is 2.42. The van der Waals surface area contributed by atoms with E-state index in [0.717, 1.165) is 12.1 Å². The molecule has 0 heterocycles. The zero-order valence-electron chi connectivity index (χ0n) is 7.15. The number of hydrogen-bond acceptors (Lipinski definition) is 4. The Bertz CT molecular complexity index is 402. The fraction of sp³-hybridized carbons (Fsp3) is 0.143. The van der Waals surface area contributed by atoms with Gasteiger partial charge >= 0.3 is 0 Å². The van der Waals surface area contributed by atoms with Crippen molar-refractivity contribution in [1.82, 2.24) is 0 Å². The number of halogens is 2. The highest BCUT2D eigenvalue weighted by Crippen LogP contribution is 2.33. The van der Waals surface area contributed by atoms with Gasteiger partial charge in [0.2, 0.25) is 0 Å². The lowest BCUT2D eigenvalue weighted by Crippen LogP contribution is -1.99. The van der Waals surface area contributed by atoms with Crippen LogP contribution >= 0.6 is 27.5 Å². The fourth-order valence-corrected chi connectivity index (χ4v) is 1.85. The molecule has 1 aromatic carbocycles. The second-order valence-electron chi connectivity index (χ2n) is 2.57. The van der Waals surface area contributed by atoms with Crippen LogP contribution in [0.15, 0.2) is 12.1 Å². The molecular formula is C7H4BrClN2O4. The summed E-state index contributed by atoms with van der Waals surface area (Å²) in [6.45, 7) is 0. The Kier molecular flexibility index (Phi) is 3.59. The second kappa shape index (κ2) is 4.54. The highest BCUT2D eigenvalue weighted by molar-refractivity contribution is 9.08. The Hall–Kier alpha value is -1.21. The van der Waals surface area contributed by atoms with E-state index in [1.165, 1.54) is 0 Å². The molecule has 80 valence electrons. The van der Waals surface area contributed by atoms with Crippen LogP contribution in [0.5, 0.6) is 0 Å². The van der Waals surface area contributed by atoms with Crippen LogP contribution in [0.1, 0.15) is 5.56 Å². The molecule has 0 amide bonds. The highest BCUT2D eigenvalue weighted by Gasteiger charge is 2.25. The van der Waals surface area contributed by atoms with Gasteiger partial charge in [-0.2, -0.15) is 0 Å². The molecule has 0 atom stereocenters. The molecule has 0 aromatic heterocycles. The third-order valence-corrected chi connectivity index (χ3v) is 2.47.